The summed E-state index contributed by atoms with van der Waals surface area (Å²) in [4.78, 5) is 43.9. The van der Waals surface area contributed by atoms with Crippen molar-refractivity contribution in [2.45, 2.75) is 25.8 Å². The fourth-order valence-electron chi connectivity index (χ4n) is 4.56. The van der Waals surface area contributed by atoms with Crippen LogP contribution in [0.3, 0.4) is 0 Å². The number of rotatable bonds is 7. The number of anilines is 2. The molecule has 2 heterocycles. The van der Waals surface area contributed by atoms with Crippen LogP contribution in [0.15, 0.2) is 48.5 Å². The number of carbonyl (C=O) groups is 3. The third-order valence-corrected chi connectivity index (χ3v) is 6.60. The molecule has 2 aromatic carbocycles. The van der Waals surface area contributed by atoms with Gasteiger partial charge in [-0.2, -0.15) is 0 Å². The first-order valence-electron chi connectivity index (χ1n) is 12.1. The molecule has 2 aliphatic heterocycles. The van der Waals surface area contributed by atoms with Crippen molar-refractivity contribution in [1.82, 2.24) is 15.1 Å². The van der Waals surface area contributed by atoms with Crippen LogP contribution in [-0.2, 0) is 20.8 Å². The standard InChI is InChI=1S/C26H32FN5O3/c1-2-19-7-9-20(10-8-19)29-24(33)17-23-26(35)28-11-12-32(23)25(34)18-30-13-15-31(16-14-30)22-6-4-3-5-21(22)27/h3-10,23H,2,11-18H2,1H3,(H,28,35)(H,29,33)/t23-/m0/s1. The average molecular weight is 482 g/mol. The summed E-state index contributed by atoms with van der Waals surface area (Å²) in [6.45, 7) is 5.39. The highest BCUT2D eigenvalue weighted by molar-refractivity contribution is 5.97. The van der Waals surface area contributed by atoms with E-state index in [9.17, 15) is 18.8 Å². The molecule has 2 saturated heterocycles. The van der Waals surface area contributed by atoms with Gasteiger partial charge >= 0.3 is 0 Å². The predicted octanol–water partition coefficient (Wildman–Crippen LogP) is 1.87. The molecule has 2 N–H and O–H groups in total. The third kappa shape index (κ3) is 6.16. The lowest BCUT2D eigenvalue weighted by Gasteiger charge is -2.39. The van der Waals surface area contributed by atoms with Crippen molar-refractivity contribution in [2.24, 2.45) is 0 Å². The Morgan fingerprint density at radius 1 is 1.03 bits per heavy atom. The van der Waals surface area contributed by atoms with Crippen LogP contribution in [0, 0.1) is 5.82 Å². The second-order valence-electron chi connectivity index (χ2n) is 8.91. The summed E-state index contributed by atoms with van der Waals surface area (Å²) in [6.07, 6.45) is 0.805. The number of nitrogens with zero attached hydrogens (tertiary/aromatic N) is 3. The SMILES string of the molecule is CCc1ccc(NC(=O)C[C@H]2C(=O)NCCN2C(=O)CN2CCN(c3ccccc3F)CC2)cc1. The van der Waals surface area contributed by atoms with Gasteiger partial charge in [-0.05, 0) is 36.2 Å². The number of carbonyl (C=O) groups excluding carboxylic acids is 3. The van der Waals surface area contributed by atoms with Crippen molar-refractivity contribution in [1.29, 1.82) is 0 Å². The minimum Gasteiger partial charge on any atom is -0.367 e. The molecule has 0 unspecified atom stereocenters. The summed E-state index contributed by atoms with van der Waals surface area (Å²) >= 11 is 0. The van der Waals surface area contributed by atoms with Gasteiger partial charge in [-0.1, -0.05) is 31.2 Å². The topological polar surface area (TPSA) is 85.0 Å². The summed E-state index contributed by atoms with van der Waals surface area (Å²) in [5.41, 5.74) is 2.40. The van der Waals surface area contributed by atoms with Crippen LogP contribution < -0.4 is 15.5 Å². The highest BCUT2D eigenvalue weighted by atomic mass is 19.1. The first-order chi connectivity index (χ1) is 16.9. The van der Waals surface area contributed by atoms with Gasteiger partial charge in [0.05, 0.1) is 18.7 Å². The molecule has 0 saturated carbocycles. The highest BCUT2D eigenvalue weighted by Gasteiger charge is 2.35. The van der Waals surface area contributed by atoms with E-state index in [0.717, 1.165) is 6.42 Å². The normalized spacial score (nSPS) is 18.8. The number of aryl methyl sites for hydroxylation is 1. The monoisotopic (exact) mass is 481 g/mol. The number of piperazine rings is 2. The van der Waals surface area contributed by atoms with Crippen molar-refractivity contribution < 1.29 is 18.8 Å². The Hall–Kier alpha value is -3.46. The van der Waals surface area contributed by atoms with Gasteiger partial charge in [0.15, 0.2) is 0 Å². The maximum absolute atomic E-state index is 14.1. The van der Waals surface area contributed by atoms with Crippen LogP contribution >= 0.6 is 0 Å². The molecule has 2 aliphatic rings. The molecule has 3 amide bonds. The first kappa shape index (κ1) is 24.7. The molecule has 35 heavy (non-hydrogen) atoms. The minimum atomic E-state index is -0.842. The van der Waals surface area contributed by atoms with E-state index < -0.39 is 6.04 Å². The molecular formula is C26H32FN5O3. The molecular weight excluding hydrogens is 449 g/mol. The summed E-state index contributed by atoms with van der Waals surface area (Å²) < 4.78 is 14.1. The van der Waals surface area contributed by atoms with Crippen molar-refractivity contribution >= 4 is 29.1 Å². The predicted molar refractivity (Wildman–Crippen MR) is 133 cm³/mol. The number of amides is 3. The van der Waals surface area contributed by atoms with Crippen LogP contribution in [0.25, 0.3) is 0 Å². The summed E-state index contributed by atoms with van der Waals surface area (Å²) in [7, 11) is 0. The quantitative estimate of drug-likeness (QED) is 0.631. The lowest BCUT2D eigenvalue weighted by atomic mass is 10.1. The van der Waals surface area contributed by atoms with Crippen LogP contribution in [0.4, 0.5) is 15.8 Å². The van der Waals surface area contributed by atoms with Gasteiger partial charge in [-0.15, -0.1) is 0 Å². The van der Waals surface area contributed by atoms with E-state index in [2.05, 4.69) is 17.6 Å². The maximum atomic E-state index is 14.1. The minimum absolute atomic E-state index is 0.103. The summed E-state index contributed by atoms with van der Waals surface area (Å²) in [6, 6.07) is 13.4. The highest BCUT2D eigenvalue weighted by Crippen LogP contribution is 2.20. The van der Waals surface area contributed by atoms with Crippen LogP contribution in [-0.4, -0.2) is 79.4 Å². The molecule has 0 aromatic heterocycles. The zero-order valence-corrected chi connectivity index (χ0v) is 20.0. The first-order valence-corrected chi connectivity index (χ1v) is 12.1. The average Bonchev–Trinajstić information content (AvgIpc) is 2.86. The Morgan fingerprint density at radius 2 is 1.74 bits per heavy atom. The number of hydrogen-bond acceptors (Lipinski definition) is 5. The van der Waals surface area contributed by atoms with Crippen molar-refractivity contribution in [3.8, 4) is 0 Å². The molecule has 9 heteroatoms. The summed E-state index contributed by atoms with van der Waals surface area (Å²) in [5, 5.41) is 5.59. The van der Waals surface area contributed by atoms with Gasteiger partial charge in [-0.25, -0.2) is 4.39 Å². The third-order valence-electron chi connectivity index (χ3n) is 6.60. The molecule has 4 rings (SSSR count). The van der Waals surface area contributed by atoms with Gasteiger partial charge in [0, 0.05) is 45.0 Å². The van der Waals surface area contributed by atoms with Crippen molar-refractivity contribution in [3.63, 3.8) is 0 Å². The van der Waals surface area contributed by atoms with Gasteiger partial charge in [0.25, 0.3) is 0 Å². The van der Waals surface area contributed by atoms with Crippen molar-refractivity contribution in [2.75, 3.05) is 56.0 Å². The Morgan fingerprint density at radius 3 is 2.43 bits per heavy atom. The Balaban J connectivity index is 1.32. The Kier molecular flexibility index (Phi) is 7.97. The number of halogens is 1. The molecule has 8 nitrogen and oxygen atoms in total. The number of nitrogens with one attached hydrogen (secondary N) is 2. The smallest absolute Gasteiger partial charge is 0.243 e. The van der Waals surface area contributed by atoms with Gasteiger partial charge in [-0.3, -0.25) is 19.3 Å². The summed E-state index contributed by atoms with van der Waals surface area (Å²) in [5.74, 6) is -1.05. The van der Waals surface area contributed by atoms with E-state index in [0.29, 0.717) is 50.6 Å². The Bertz CT molecular complexity index is 1050. The zero-order valence-electron chi connectivity index (χ0n) is 20.0. The number of para-hydroxylation sites is 1. The molecule has 0 bridgehead atoms. The number of hydrogen-bond donors (Lipinski definition) is 2. The lowest BCUT2D eigenvalue weighted by molar-refractivity contribution is -0.145. The van der Waals surface area contributed by atoms with Crippen LogP contribution in [0.5, 0.6) is 0 Å². The van der Waals surface area contributed by atoms with Gasteiger partial charge in [0.1, 0.15) is 11.9 Å². The molecule has 0 spiro atoms. The van der Waals surface area contributed by atoms with Crippen LogP contribution in [0.2, 0.25) is 0 Å². The lowest BCUT2D eigenvalue weighted by Crippen LogP contribution is -2.60. The molecule has 2 fully saturated rings. The Labute approximate surface area is 205 Å². The molecule has 186 valence electrons. The molecule has 0 aliphatic carbocycles. The van der Waals surface area contributed by atoms with E-state index in [-0.39, 0.29) is 36.5 Å². The van der Waals surface area contributed by atoms with Gasteiger partial charge in [0.2, 0.25) is 17.7 Å². The van der Waals surface area contributed by atoms with E-state index in [1.54, 1.807) is 12.1 Å². The van der Waals surface area contributed by atoms with Crippen molar-refractivity contribution in [3.05, 3.63) is 59.9 Å². The zero-order chi connectivity index (χ0) is 24.8. The van der Waals surface area contributed by atoms with E-state index in [4.69, 9.17) is 0 Å². The van der Waals surface area contributed by atoms with E-state index in [1.165, 1.54) is 16.5 Å². The molecule has 2 aromatic rings. The maximum Gasteiger partial charge on any atom is 0.243 e. The second kappa shape index (κ2) is 11.3. The molecule has 1 atom stereocenters. The fourth-order valence-corrected chi connectivity index (χ4v) is 4.56. The largest absolute Gasteiger partial charge is 0.367 e. The van der Waals surface area contributed by atoms with E-state index in [1.807, 2.05) is 40.1 Å². The van der Waals surface area contributed by atoms with E-state index >= 15 is 0 Å². The van der Waals surface area contributed by atoms with Gasteiger partial charge < -0.3 is 20.4 Å². The fraction of sp³-hybridized carbons (Fsp3) is 0.423. The second-order valence-corrected chi connectivity index (χ2v) is 8.91. The van der Waals surface area contributed by atoms with Crippen LogP contribution in [0.1, 0.15) is 18.9 Å². The molecule has 0 radical (unpaired) electrons. The number of benzene rings is 2.